The third-order valence-corrected chi connectivity index (χ3v) is 3.77. The van der Waals surface area contributed by atoms with Gasteiger partial charge in [0.1, 0.15) is 0 Å². The predicted molar refractivity (Wildman–Crippen MR) is 97.4 cm³/mol. The molecule has 0 fully saturated rings. The number of carbonyl (C=O) groups excluding carboxylic acids is 2. The van der Waals surface area contributed by atoms with Crippen LogP contribution in [0.15, 0.2) is 48.5 Å². The topological polar surface area (TPSA) is 58.2 Å². The number of benzene rings is 2. The van der Waals surface area contributed by atoms with Gasteiger partial charge in [0.25, 0.3) is 11.8 Å². The van der Waals surface area contributed by atoms with Crippen molar-refractivity contribution in [3.05, 3.63) is 65.2 Å². The molecule has 4 nitrogen and oxygen atoms in total. The van der Waals surface area contributed by atoms with Gasteiger partial charge >= 0.3 is 0 Å². The first-order chi connectivity index (χ1) is 11.6. The van der Waals surface area contributed by atoms with E-state index in [1.807, 2.05) is 25.1 Å². The van der Waals surface area contributed by atoms with Crippen molar-refractivity contribution in [1.29, 1.82) is 0 Å². The SMILES string of the molecule is CCCCCNC(=O)c1ccccc1NC(=O)c1cccc(C)c1. The predicted octanol–water partition coefficient (Wildman–Crippen LogP) is 4.17. The van der Waals surface area contributed by atoms with E-state index in [-0.39, 0.29) is 11.8 Å². The van der Waals surface area contributed by atoms with Crippen molar-refractivity contribution in [2.75, 3.05) is 11.9 Å². The fraction of sp³-hybridized carbons (Fsp3) is 0.300. The number of carbonyl (C=O) groups is 2. The molecule has 0 aliphatic rings. The third-order valence-electron chi connectivity index (χ3n) is 3.77. The Morgan fingerprint density at radius 3 is 2.50 bits per heavy atom. The van der Waals surface area contributed by atoms with Crippen LogP contribution in [-0.4, -0.2) is 18.4 Å². The summed E-state index contributed by atoms with van der Waals surface area (Å²) in [5.74, 6) is -0.379. The fourth-order valence-corrected chi connectivity index (χ4v) is 2.44. The molecule has 4 heteroatoms. The number of unbranched alkanes of at least 4 members (excludes halogenated alkanes) is 2. The van der Waals surface area contributed by atoms with Crippen LogP contribution in [-0.2, 0) is 0 Å². The van der Waals surface area contributed by atoms with Crippen molar-refractivity contribution in [2.24, 2.45) is 0 Å². The van der Waals surface area contributed by atoms with Crippen molar-refractivity contribution >= 4 is 17.5 Å². The molecule has 0 spiro atoms. The molecule has 2 aromatic carbocycles. The van der Waals surface area contributed by atoms with Crippen molar-refractivity contribution in [3.63, 3.8) is 0 Å². The normalized spacial score (nSPS) is 10.2. The maximum Gasteiger partial charge on any atom is 0.255 e. The number of para-hydroxylation sites is 1. The zero-order valence-corrected chi connectivity index (χ0v) is 14.3. The Balaban J connectivity index is 2.08. The average molecular weight is 324 g/mol. The Bertz CT molecular complexity index is 710. The number of anilines is 1. The summed E-state index contributed by atoms with van der Waals surface area (Å²) in [6, 6.07) is 14.4. The molecule has 0 aliphatic carbocycles. The number of hydrogen-bond acceptors (Lipinski definition) is 2. The van der Waals surface area contributed by atoms with E-state index in [4.69, 9.17) is 0 Å². The van der Waals surface area contributed by atoms with Gasteiger partial charge in [-0.25, -0.2) is 0 Å². The number of amides is 2. The molecule has 0 atom stereocenters. The molecule has 0 aromatic heterocycles. The van der Waals surface area contributed by atoms with E-state index < -0.39 is 0 Å². The molecule has 0 radical (unpaired) electrons. The van der Waals surface area contributed by atoms with Crippen LogP contribution in [0.4, 0.5) is 5.69 Å². The highest BCUT2D eigenvalue weighted by Crippen LogP contribution is 2.16. The molecule has 126 valence electrons. The van der Waals surface area contributed by atoms with Gasteiger partial charge in [-0.15, -0.1) is 0 Å². The summed E-state index contributed by atoms with van der Waals surface area (Å²) in [7, 11) is 0. The zero-order valence-electron chi connectivity index (χ0n) is 14.3. The van der Waals surface area contributed by atoms with E-state index in [9.17, 15) is 9.59 Å². The minimum atomic E-state index is -0.218. The van der Waals surface area contributed by atoms with Crippen molar-refractivity contribution in [3.8, 4) is 0 Å². The van der Waals surface area contributed by atoms with Crippen LogP contribution in [0, 0.1) is 6.92 Å². The monoisotopic (exact) mass is 324 g/mol. The first-order valence-electron chi connectivity index (χ1n) is 8.37. The van der Waals surface area contributed by atoms with Crippen LogP contribution in [0.2, 0.25) is 0 Å². The van der Waals surface area contributed by atoms with E-state index in [2.05, 4.69) is 17.6 Å². The Morgan fingerprint density at radius 2 is 1.75 bits per heavy atom. The second kappa shape index (κ2) is 8.87. The smallest absolute Gasteiger partial charge is 0.255 e. The van der Waals surface area contributed by atoms with E-state index in [1.54, 1.807) is 30.3 Å². The number of hydrogen-bond donors (Lipinski definition) is 2. The Kier molecular flexibility index (Phi) is 6.55. The van der Waals surface area contributed by atoms with Gasteiger partial charge in [0.2, 0.25) is 0 Å². The summed E-state index contributed by atoms with van der Waals surface area (Å²) in [6.07, 6.45) is 3.16. The molecule has 0 saturated heterocycles. The molecule has 2 rings (SSSR count). The van der Waals surface area contributed by atoms with Crippen molar-refractivity contribution < 1.29 is 9.59 Å². The van der Waals surface area contributed by atoms with Gasteiger partial charge in [-0.05, 0) is 37.6 Å². The summed E-state index contributed by atoms with van der Waals surface area (Å²) in [5, 5.41) is 5.74. The molecule has 0 heterocycles. The fourth-order valence-electron chi connectivity index (χ4n) is 2.44. The summed E-state index contributed by atoms with van der Waals surface area (Å²) in [5.41, 5.74) is 2.60. The van der Waals surface area contributed by atoms with Crippen molar-refractivity contribution in [1.82, 2.24) is 5.32 Å². The van der Waals surface area contributed by atoms with Crippen LogP contribution in [0.5, 0.6) is 0 Å². The highest BCUT2D eigenvalue weighted by Gasteiger charge is 2.13. The molecule has 2 N–H and O–H groups in total. The van der Waals surface area contributed by atoms with E-state index >= 15 is 0 Å². The largest absolute Gasteiger partial charge is 0.352 e. The van der Waals surface area contributed by atoms with Gasteiger partial charge in [0.15, 0.2) is 0 Å². The van der Waals surface area contributed by atoms with Crippen LogP contribution in [0.3, 0.4) is 0 Å². The Labute approximate surface area is 143 Å². The Morgan fingerprint density at radius 1 is 0.958 bits per heavy atom. The lowest BCUT2D eigenvalue weighted by Gasteiger charge is -2.11. The highest BCUT2D eigenvalue weighted by molar-refractivity contribution is 6.09. The lowest BCUT2D eigenvalue weighted by atomic mass is 10.1. The second-order valence-corrected chi connectivity index (χ2v) is 5.83. The maximum atomic E-state index is 12.4. The molecular weight excluding hydrogens is 300 g/mol. The van der Waals surface area contributed by atoms with Crippen LogP contribution in [0.25, 0.3) is 0 Å². The number of rotatable bonds is 7. The first kappa shape index (κ1) is 17.7. The third kappa shape index (κ3) is 4.95. The second-order valence-electron chi connectivity index (χ2n) is 5.83. The van der Waals surface area contributed by atoms with Gasteiger partial charge in [-0.1, -0.05) is 49.6 Å². The molecule has 2 aromatic rings. The quantitative estimate of drug-likeness (QED) is 0.751. The van der Waals surface area contributed by atoms with E-state index in [0.717, 1.165) is 24.8 Å². The lowest BCUT2D eigenvalue weighted by Crippen LogP contribution is -2.26. The first-order valence-corrected chi connectivity index (χ1v) is 8.37. The van der Waals surface area contributed by atoms with E-state index in [0.29, 0.717) is 23.4 Å². The maximum absolute atomic E-state index is 12.4. The molecule has 0 bridgehead atoms. The summed E-state index contributed by atoms with van der Waals surface area (Å²) >= 11 is 0. The summed E-state index contributed by atoms with van der Waals surface area (Å²) < 4.78 is 0. The molecule has 2 amide bonds. The van der Waals surface area contributed by atoms with Gasteiger partial charge in [0, 0.05) is 12.1 Å². The highest BCUT2D eigenvalue weighted by atomic mass is 16.2. The van der Waals surface area contributed by atoms with Gasteiger partial charge < -0.3 is 10.6 Å². The number of aryl methyl sites for hydroxylation is 1. The Hall–Kier alpha value is -2.62. The molecule has 0 unspecified atom stereocenters. The summed E-state index contributed by atoms with van der Waals surface area (Å²) in [6.45, 7) is 4.71. The molecular formula is C20H24N2O2. The van der Waals surface area contributed by atoms with Crippen LogP contribution < -0.4 is 10.6 Å². The molecule has 24 heavy (non-hydrogen) atoms. The minimum absolute atomic E-state index is 0.161. The van der Waals surface area contributed by atoms with Gasteiger partial charge in [-0.3, -0.25) is 9.59 Å². The number of nitrogens with one attached hydrogen (secondary N) is 2. The van der Waals surface area contributed by atoms with Crippen LogP contribution >= 0.6 is 0 Å². The lowest BCUT2D eigenvalue weighted by molar-refractivity contribution is 0.0954. The molecule has 0 aliphatic heterocycles. The molecule has 0 saturated carbocycles. The van der Waals surface area contributed by atoms with Gasteiger partial charge in [0.05, 0.1) is 11.3 Å². The van der Waals surface area contributed by atoms with Crippen LogP contribution in [0.1, 0.15) is 52.5 Å². The van der Waals surface area contributed by atoms with Gasteiger partial charge in [-0.2, -0.15) is 0 Å². The average Bonchev–Trinajstić information content (AvgIpc) is 2.59. The summed E-state index contributed by atoms with van der Waals surface area (Å²) in [4.78, 5) is 24.7. The van der Waals surface area contributed by atoms with E-state index in [1.165, 1.54) is 0 Å². The standard InChI is InChI=1S/C20H24N2O2/c1-3-4-7-13-21-20(24)17-11-5-6-12-18(17)22-19(23)16-10-8-9-15(2)14-16/h5-6,8-12,14H,3-4,7,13H2,1-2H3,(H,21,24)(H,22,23). The minimum Gasteiger partial charge on any atom is -0.352 e. The van der Waals surface area contributed by atoms with Crippen molar-refractivity contribution in [2.45, 2.75) is 33.1 Å². The zero-order chi connectivity index (χ0) is 17.4.